The van der Waals surface area contributed by atoms with Crippen molar-refractivity contribution in [3.63, 3.8) is 0 Å². The Morgan fingerprint density at radius 1 is 1.30 bits per heavy atom. The third-order valence-corrected chi connectivity index (χ3v) is 3.28. The minimum absolute atomic E-state index is 0.00991. The highest BCUT2D eigenvalue weighted by molar-refractivity contribution is 6.01. The van der Waals surface area contributed by atoms with Crippen LogP contribution in [0.3, 0.4) is 0 Å². The van der Waals surface area contributed by atoms with Crippen molar-refractivity contribution >= 4 is 17.3 Å². The molecule has 6 nitrogen and oxygen atoms in total. The van der Waals surface area contributed by atoms with Crippen LogP contribution in [0.2, 0.25) is 0 Å². The van der Waals surface area contributed by atoms with Crippen LogP contribution >= 0.6 is 0 Å². The minimum atomic E-state index is -4.72. The molecule has 0 fully saturated rings. The number of carbonyl (C=O) groups excluding carboxylic acids is 2. The molecular weight excluding hydrogens is 313 g/mol. The second-order valence-electron chi connectivity index (χ2n) is 5.34. The number of halogens is 3. The molecule has 0 bridgehead atoms. The Morgan fingerprint density at radius 3 is 2.48 bits per heavy atom. The lowest BCUT2D eigenvalue weighted by Gasteiger charge is -2.18. The number of primary amides is 1. The van der Waals surface area contributed by atoms with Crippen molar-refractivity contribution < 1.29 is 22.8 Å². The number of amides is 2. The number of aromatic nitrogens is 2. The van der Waals surface area contributed by atoms with Crippen molar-refractivity contribution in [1.29, 1.82) is 0 Å². The molecule has 124 valence electrons. The first kappa shape index (κ1) is 16.8. The summed E-state index contributed by atoms with van der Waals surface area (Å²) in [6, 6.07) is 3.22. The summed E-state index contributed by atoms with van der Waals surface area (Å²) in [6.45, 7) is 3.31. The summed E-state index contributed by atoms with van der Waals surface area (Å²) in [7, 11) is 0. The van der Waals surface area contributed by atoms with Crippen LogP contribution < -0.4 is 11.1 Å². The van der Waals surface area contributed by atoms with E-state index in [0.29, 0.717) is 0 Å². The average Bonchev–Trinajstić information content (AvgIpc) is 2.83. The first-order valence-corrected chi connectivity index (χ1v) is 6.77. The summed E-state index contributed by atoms with van der Waals surface area (Å²) in [5.74, 6) is -3.18. The molecule has 0 saturated heterocycles. The van der Waals surface area contributed by atoms with Crippen LogP contribution in [0, 0.1) is 5.92 Å². The van der Waals surface area contributed by atoms with E-state index in [9.17, 15) is 22.8 Å². The molecule has 1 unspecified atom stereocenters. The molecule has 0 saturated carbocycles. The van der Waals surface area contributed by atoms with Crippen molar-refractivity contribution in [1.82, 2.24) is 14.7 Å². The molecule has 2 amide bonds. The van der Waals surface area contributed by atoms with E-state index >= 15 is 0 Å². The van der Waals surface area contributed by atoms with Gasteiger partial charge in [-0.3, -0.25) is 14.0 Å². The lowest BCUT2D eigenvalue weighted by atomic mass is 10.0. The van der Waals surface area contributed by atoms with Gasteiger partial charge in [0.05, 0.1) is 5.52 Å². The molecule has 0 aliphatic carbocycles. The largest absolute Gasteiger partial charge is 0.450 e. The summed E-state index contributed by atoms with van der Waals surface area (Å²) >= 11 is 0. The highest BCUT2D eigenvalue weighted by Gasteiger charge is 2.38. The molecule has 1 atom stereocenters. The van der Waals surface area contributed by atoms with Crippen molar-refractivity contribution in [2.24, 2.45) is 11.7 Å². The first-order valence-electron chi connectivity index (χ1n) is 6.77. The topological polar surface area (TPSA) is 89.5 Å². The number of alkyl halides is 3. The van der Waals surface area contributed by atoms with Gasteiger partial charge in [-0.2, -0.15) is 13.2 Å². The maximum Gasteiger partial charge on any atom is 0.450 e. The Balaban J connectivity index is 2.48. The summed E-state index contributed by atoms with van der Waals surface area (Å²) in [6.07, 6.45) is -3.56. The fraction of sp³-hybridized carbons (Fsp3) is 0.357. The van der Waals surface area contributed by atoms with Crippen molar-refractivity contribution in [2.75, 3.05) is 0 Å². The van der Waals surface area contributed by atoms with Crippen LogP contribution in [-0.4, -0.2) is 27.2 Å². The summed E-state index contributed by atoms with van der Waals surface area (Å²) < 4.78 is 39.9. The third kappa shape index (κ3) is 3.27. The first-order chi connectivity index (χ1) is 10.6. The highest BCUT2D eigenvalue weighted by Crippen LogP contribution is 2.30. The van der Waals surface area contributed by atoms with Gasteiger partial charge in [0.15, 0.2) is 5.69 Å². The number of imidazole rings is 1. The van der Waals surface area contributed by atoms with Crippen LogP contribution in [0.4, 0.5) is 13.2 Å². The zero-order valence-electron chi connectivity index (χ0n) is 12.4. The van der Waals surface area contributed by atoms with Gasteiger partial charge in [0.25, 0.3) is 5.91 Å². The number of hydrogen-bond donors (Lipinski definition) is 2. The normalized spacial score (nSPS) is 13.3. The molecular formula is C14H15F3N4O2. The van der Waals surface area contributed by atoms with Gasteiger partial charge in [0.2, 0.25) is 11.7 Å². The van der Waals surface area contributed by atoms with Crippen LogP contribution in [0.1, 0.15) is 30.2 Å². The zero-order valence-corrected chi connectivity index (χ0v) is 12.4. The number of carbonyl (C=O) groups is 2. The van der Waals surface area contributed by atoms with E-state index in [1.54, 1.807) is 13.8 Å². The SMILES string of the molecule is CC(C)C(NC(=O)c1nc(C(F)(F)F)n2ccccc12)C(N)=O. The second kappa shape index (κ2) is 5.90. The number of rotatable bonds is 4. The highest BCUT2D eigenvalue weighted by atomic mass is 19.4. The van der Waals surface area contributed by atoms with E-state index in [1.807, 2.05) is 0 Å². The maximum atomic E-state index is 13.0. The molecule has 0 aliphatic rings. The van der Waals surface area contributed by atoms with Crippen molar-refractivity contribution in [3.8, 4) is 0 Å². The fourth-order valence-corrected chi connectivity index (χ4v) is 2.18. The van der Waals surface area contributed by atoms with Crippen LogP contribution in [0.5, 0.6) is 0 Å². The second-order valence-corrected chi connectivity index (χ2v) is 5.34. The van der Waals surface area contributed by atoms with Gasteiger partial charge in [-0.05, 0) is 18.1 Å². The molecule has 9 heteroatoms. The number of fused-ring (bicyclic) bond motifs is 1. The molecule has 2 heterocycles. The predicted octanol–water partition coefficient (Wildman–Crippen LogP) is 1.59. The lowest BCUT2D eigenvalue weighted by Crippen LogP contribution is -2.47. The van der Waals surface area contributed by atoms with Gasteiger partial charge in [-0.1, -0.05) is 19.9 Å². The molecule has 23 heavy (non-hydrogen) atoms. The van der Waals surface area contributed by atoms with E-state index in [4.69, 9.17) is 5.73 Å². The zero-order chi connectivity index (χ0) is 17.4. The molecule has 0 spiro atoms. The summed E-state index contributed by atoms with van der Waals surface area (Å²) in [5, 5.41) is 2.33. The van der Waals surface area contributed by atoms with Gasteiger partial charge in [0.1, 0.15) is 6.04 Å². The number of hydrogen-bond acceptors (Lipinski definition) is 3. The van der Waals surface area contributed by atoms with E-state index in [-0.39, 0.29) is 11.4 Å². The maximum absolute atomic E-state index is 13.0. The Hall–Kier alpha value is -2.58. The Bertz CT molecular complexity index is 752. The number of pyridine rings is 1. The van der Waals surface area contributed by atoms with E-state index in [2.05, 4.69) is 10.3 Å². The number of nitrogens with two attached hydrogens (primary N) is 1. The lowest BCUT2D eigenvalue weighted by molar-refractivity contribution is -0.145. The quantitative estimate of drug-likeness (QED) is 0.893. The molecule has 0 aliphatic heterocycles. The monoisotopic (exact) mass is 328 g/mol. The smallest absolute Gasteiger partial charge is 0.368 e. The molecule has 2 aromatic rings. The van der Waals surface area contributed by atoms with E-state index in [1.165, 1.54) is 18.2 Å². The van der Waals surface area contributed by atoms with Crippen LogP contribution in [-0.2, 0) is 11.0 Å². The Kier molecular flexibility index (Phi) is 4.31. The Labute approximate surface area is 129 Å². The number of nitrogens with one attached hydrogen (secondary N) is 1. The van der Waals surface area contributed by atoms with E-state index in [0.717, 1.165) is 10.6 Å². The van der Waals surface area contributed by atoms with Crippen molar-refractivity contribution in [3.05, 3.63) is 35.9 Å². The molecule has 2 rings (SSSR count). The average molecular weight is 328 g/mol. The van der Waals surface area contributed by atoms with Gasteiger partial charge < -0.3 is 11.1 Å². The summed E-state index contributed by atoms with van der Waals surface area (Å²) in [5.41, 5.74) is 4.77. The third-order valence-electron chi connectivity index (χ3n) is 3.28. The minimum Gasteiger partial charge on any atom is -0.368 e. The summed E-state index contributed by atoms with van der Waals surface area (Å²) in [4.78, 5) is 27.0. The molecule has 3 N–H and O–H groups in total. The predicted molar refractivity (Wildman–Crippen MR) is 75.5 cm³/mol. The Morgan fingerprint density at radius 2 is 1.96 bits per heavy atom. The molecule has 0 radical (unpaired) electrons. The van der Waals surface area contributed by atoms with Crippen molar-refractivity contribution in [2.45, 2.75) is 26.1 Å². The molecule has 2 aromatic heterocycles. The number of nitrogens with zero attached hydrogens (tertiary/aromatic N) is 2. The van der Waals surface area contributed by atoms with Gasteiger partial charge in [-0.15, -0.1) is 0 Å². The standard InChI is InChI=1S/C14H15F3N4O2/c1-7(2)9(11(18)22)19-12(23)10-8-5-3-4-6-21(8)13(20-10)14(15,16)17/h3-7,9H,1-2H3,(H2,18,22)(H,19,23). The van der Waals surface area contributed by atoms with E-state index < -0.39 is 35.6 Å². The van der Waals surface area contributed by atoms with Gasteiger partial charge >= 0.3 is 6.18 Å². The van der Waals surface area contributed by atoms with Gasteiger partial charge in [-0.25, -0.2) is 4.98 Å². The fourth-order valence-electron chi connectivity index (χ4n) is 2.18. The molecule has 0 aromatic carbocycles. The van der Waals surface area contributed by atoms with Crippen LogP contribution in [0.15, 0.2) is 24.4 Å². The van der Waals surface area contributed by atoms with Gasteiger partial charge in [0, 0.05) is 6.20 Å². The van der Waals surface area contributed by atoms with Crippen LogP contribution in [0.25, 0.3) is 5.52 Å².